The summed E-state index contributed by atoms with van der Waals surface area (Å²) in [6.07, 6.45) is 0.623. The fourth-order valence-electron chi connectivity index (χ4n) is 1.99. The summed E-state index contributed by atoms with van der Waals surface area (Å²) in [5.74, 6) is -0.423. The van der Waals surface area contributed by atoms with E-state index >= 15 is 0 Å². The van der Waals surface area contributed by atoms with Crippen molar-refractivity contribution in [2.45, 2.75) is 6.42 Å². The monoisotopic (exact) mass is 357 g/mol. The molecule has 0 fully saturated rings. The van der Waals surface area contributed by atoms with Crippen molar-refractivity contribution in [3.63, 3.8) is 0 Å². The summed E-state index contributed by atoms with van der Waals surface area (Å²) in [5, 5.41) is 0.297. The van der Waals surface area contributed by atoms with Gasteiger partial charge >= 0.3 is 5.97 Å². The number of nitrogens with zero attached hydrogens (tertiary/aromatic N) is 1. The molecular formula is C13H9BrFNO3S. The van der Waals surface area contributed by atoms with Crippen molar-refractivity contribution in [3.05, 3.63) is 32.3 Å². The van der Waals surface area contributed by atoms with Crippen molar-refractivity contribution in [3.8, 4) is 17.0 Å². The number of halogens is 2. The van der Waals surface area contributed by atoms with Crippen LogP contribution in [0.25, 0.3) is 11.3 Å². The molecule has 0 aliphatic carbocycles. The van der Waals surface area contributed by atoms with E-state index in [-0.39, 0.29) is 0 Å². The van der Waals surface area contributed by atoms with E-state index in [0.717, 1.165) is 4.88 Å². The summed E-state index contributed by atoms with van der Waals surface area (Å²) in [5.41, 5.74) is 1.33. The van der Waals surface area contributed by atoms with Gasteiger partial charge in [-0.05, 0) is 22.0 Å². The van der Waals surface area contributed by atoms with Crippen LogP contribution in [0.5, 0.6) is 5.75 Å². The Kier molecular flexibility index (Phi) is 3.47. The Hall–Kier alpha value is -1.47. The van der Waals surface area contributed by atoms with Gasteiger partial charge in [-0.25, -0.2) is 14.2 Å². The second-order valence-corrected chi connectivity index (χ2v) is 6.08. The van der Waals surface area contributed by atoms with Crippen LogP contribution in [0.2, 0.25) is 0 Å². The number of benzene rings is 1. The number of rotatable bonds is 1. The maximum Gasteiger partial charge on any atom is 0.367 e. The topological polar surface area (TPSA) is 48.4 Å². The van der Waals surface area contributed by atoms with Gasteiger partial charge in [-0.1, -0.05) is 0 Å². The van der Waals surface area contributed by atoms with E-state index in [2.05, 4.69) is 25.7 Å². The van der Waals surface area contributed by atoms with Gasteiger partial charge in [-0.2, -0.15) is 0 Å². The van der Waals surface area contributed by atoms with Crippen molar-refractivity contribution in [1.29, 1.82) is 0 Å². The van der Waals surface area contributed by atoms with E-state index in [4.69, 9.17) is 4.74 Å². The van der Waals surface area contributed by atoms with E-state index in [1.807, 2.05) is 0 Å². The minimum absolute atomic E-state index is 0.297. The number of carbonyl (C=O) groups is 1. The second kappa shape index (κ2) is 5.14. The van der Waals surface area contributed by atoms with Gasteiger partial charge in [-0.3, -0.25) is 0 Å². The lowest BCUT2D eigenvalue weighted by Gasteiger charge is -2.07. The van der Waals surface area contributed by atoms with E-state index in [1.54, 1.807) is 6.07 Å². The zero-order valence-corrected chi connectivity index (χ0v) is 12.8. The molecule has 0 bridgehead atoms. The number of esters is 1. The van der Waals surface area contributed by atoms with Crippen LogP contribution in [-0.4, -0.2) is 24.7 Å². The number of carbonyl (C=O) groups excluding carboxylic acids is 1. The van der Waals surface area contributed by atoms with E-state index in [1.165, 1.54) is 24.5 Å². The summed E-state index contributed by atoms with van der Waals surface area (Å²) in [6, 6.07) is 2.95. The highest BCUT2D eigenvalue weighted by Gasteiger charge is 2.24. The van der Waals surface area contributed by atoms with Gasteiger partial charge in [0.25, 0.3) is 0 Å². The average molecular weight is 358 g/mol. The van der Waals surface area contributed by atoms with Gasteiger partial charge in [0, 0.05) is 22.9 Å². The molecule has 1 aliphatic heterocycles. The molecule has 0 spiro atoms. The van der Waals surface area contributed by atoms with Crippen LogP contribution in [-0.2, 0) is 11.2 Å². The van der Waals surface area contributed by atoms with Crippen LogP contribution in [0.3, 0.4) is 0 Å². The molecule has 0 saturated carbocycles. The number of aromatic nitrogens is 1. The molecule has 0 saturated heterocycles. The third kappa shape index (κ3) is 2.20. The molecule has 0 N–H and O–H groups in total. The number of ether oxygens (including phenoxy) is 2. The van der Waals surface area contributed by atoms with E-state index in [0.29, 0.717) is 39.5 Å². The number of hydrogen-bond acceptors (Lipinski definition) is 5. The summed E-state index contributed by atoms with van der Waals surface area (Å²) in [4.78, 5) is 16.8. The molecule has 0 amide bonds. The maximum absolute atomic E-state index is 13.6. The SMILES string of the molecule is COC(=O)c1nc2c(s1)CCOc1cc(F)c(Br)cc1-2. The first-order chi connectivity index (χ1) is 9.60. The fourth-order valence-corrected chi connectivity index (χ4v) is 3.31. The van der Waals surface area contributed by atoms with Crippen LogP contribution in [0.4, 0.5) is 4.39 Å². The van der Waals surface area contributed by atoms with Crippen molar-refractivity contribution in [1.82, 2.24) is 4.98 Å². The van der Waals surface area contributed by atoms with Gasteiger partial charge in [0.2, 0.25) is 5.01 Å². The first-order valence-corrected chi connectivity index (χ1v) is 7.41. The van der Waals surface area contributed by atoms with Crippen LogP contribution >= 0.6 is 27.3 Å². The zero-order valence-electron chi connectivity index (χ0n) is 10.4. The molecule has 3 rings (SSSR count). The predicted octanol–water partition coefficient (Wildman–Crippen LogP) is 3.43. The quantitative estimate of drug-likeness (QED) is 0.733. The number of hydrogen-bond donors (Lipinski definition) is 0. The lowest BCUT2D eigenvalue weighted by Crippen LogP contribution is -2.01. The Balaban J connectivity index is 2.18. The molecular weight excluding hydrogens is 349 g/mol. The van der Waals surface area contributed by atoms with Gasteiger partial charge < -0.3 is 9.47 Å². The van der Waals surface area contributed by atoms with Crippen molar-refractivity contribution in [2.75, 3.05) is 13.7 Å². The van der Waals surface area contributed by atoms with Gasteiger partial charge in [0.05, 0.1) is 23.9 Å². The van der Waals surface area contributed by atoms with Crippen molar-refractivity contribution >= 4 is 33.2 Å². The largest absolute Gasteiger partial charge is 0.492 e. The predicted molar refractivity (Wildman–Crippen MR) is 75.7 cm³/mol. The average Bonchev–Trinajstić information content (AvgIpc) is 2.79. The minimum Gasteiger partial charge on any atom is -0.492 e. The number of fused-ring (bicyclic) bond motifs is 3. The molecule has 2 heterocycles. The zero-order chi connectivity index (χ0) is 14.3. The molecule has 0 radical (unpaired) electrons. The van der Waals surface area contributed by atoms with Crippen LogP contribution in [0, 0.1) is 5.82 Å². The van der Waals surface area contributed by atoms with E-state index in [9.17, 15) is 9.18 Å². The number of methoxy groups -OCH3 is 1. The standard InChI is InChI=1S/C13H9BrFNO3S/c1-18-13(17)12-16-11-6-4-7(14)8(15)5-9(6)19-3-2-10(11)20-12/h4-5H,2-3H2,1H3. The Morgan fingerprint density at radius 3 is 3.10 bits per heavy atom. The Morgan fingerprint density at radius 2 is 2.35 bits per heavy atom. The number of thiazole rings is 1. The molecule has 0 atom stereocenters. The molecule has 1 aliphatic rings. The Morgan fingerprint density at radius 1 is 1.55 bits per heavy atom. The molecule has 1 aromatic carbocycles. The summed E-state index contributed by atoms with van der Waals surface area (Å²) < 4.78 is 24.1. The molecule has 20 heavy (non-hydrogen) atoms. The third-order valence-electron chi connectivity index (χ3n) is 2.92. The van der Waals surface area contributed by atoms with Gasteiger partial charge in [0.1, 0.15) is 11.6 Å². The molecule has 4 nitrogen and oxygen atoms in total. The molecule has 2 aromatic rings. The molecule has 7 heteroatoms. The Bertz CT molecular complexity index is 701. The minimum atomic E-state index is -0.466. The maximum atomic E-state index is 13.6. The molecule has 104 valence electrons. The fraction of sp³-hybridized carbons (Fsp3) is 0.231. The molecule has 1 aromatic heterocycles. The summed E-state index contributed by atoms with van der Waals surface area (Å²) >= 11 is 4.43. The van der Waals surface area contributed by atoms with Crippen LogP contribution in [0.15, 0.2) is 16.6 Å². The highest BCUT2D eigenvalue weighted by atomic mass is 79.9. The molecule has 0 unspecified atom stereocenters. The summed E-state index contributed by atoms with van der Waals surface area (Å²) in [6.45, 7) is 0.421. The first kappa shape index (κ1) is 13.5. The normalized spacial score (nSPS) is 12.9. The van der Waals surface area contributed by atoms with Gasteiger partial charge in [-0.15, -0.1) is 11.3 Å². The van der Waals surface area contributed by atoms with E-state index < -0.39 is 11.8 Å². The van der Waals surface area contributed by atoms with Gasteiger partial charge in [0.15, 0.2) is 0 Å². The first-order valence-electron chi connectivity index (χ1n) is 5.80. The van der Waals surface area contributed by atoms with Crippen LogP contribution in [0.1, 0.15) is 14.7 Å². The van der Waals surface area contributed by atoms with Crippen molar-refractivity contribution in [2.24, 2.45) is 0 Å². The lowest BCUT2D eigenvalue weighted by atomic mass is 10.1. The lowest BCUT2D eigenvalue weighted by molar-refractivity contribution is 0.0600. The smallest absolute Gasteiger partial charge is 0.367 e. The second-order valence-electron chi connectivity index (χ2n) is 4.14. The Labute approximate surface area is 126 Å². The van der Waals surface area contributed by atoms with Crippen LogP contribution < -0.4 is 4.74 Å². The third-order valence-corrected chi connectivity index (χ3v) is 4.62. The van der Waals surface area contributed by atoms with Crippen molar-refractivity contribution < 1.29 is 18.7 Å². The highest BCUT2D eigenvalue weighted by molar-refractivity contribution is 9.10. The summed E-state index contributed by atoms with van der Waals surface area (Å²) in [7, 11) is 1.32. The highest BCUT2D eigenvalue weighted by Crippen LogP contribution is 2.40.